The van der Waals surface area contributed by atoms with Crippen LogP contribution in [0.25, 0.3) is 0 Å². The van der Waals surface area contributed by atoms with E-state index in [1.54, 1.807) is 18.2 Å². The van der Waals surface area contributed by atoms with E-state index in [1.807, 2.05) is 27.9 Å². The van der Waals surface area contributed by atoms with Crippen LogP contribution in [0.4, 0.5) is 5.69 Å². The maximum atomic E-state index is 13.2. The van der Waals surface area contributed by atoms with Crippen molar-refractivity contribution in [3.8, 4) is 0 Å². The highest BCUT2D eigenvalue weighted by Gasteiger charge is 2.27. The molecule has 0 spiro atoms. The third kappa shape index (κ3) is 5.95. The van der Waals surface area contributed by atoms with Gasteiger partial charge in [0.05, 0.1) is 10.5 Å². The molecule has 0 saturated carbocycles. The zero-order chi connectivity index (χ0) is 22.5. The van der Waals surface area contributed by atoms with Gasteiger partial charge < -0.3 is 15.1 Å². The van der Waals surface area contributed by atoms with Crippen LogP contribution in [0.2, 0.25) is 0 Å². The van der Waals surface area contributed by atoms with Crippen molar-refractivity contribution in [2.24, 2.45) is 5.41 Å². The van der Waals surface area contributed by atoms with Gasteiger partial charge in [-0.25, -0.2) is 8.42 Å². The Labute approximate surface area is 182 Å². The Morgan fingerprint density at radius 3 is 2.27 bits per heavy atom. The number of anilines is 1. The maximum absolute atomic E-state index is 13.2. The number of nitrogens with one attached hydrogen (secondary N) is 1. The van der Waals surface area contributed by atoms with E-state index in [1.165, 1.54) is 4.31 Å². The fraction of sp³-hybridized carbons (Fsp3) is 0.682. The van der Waals surface area contributed by atoms with Crippen LogP contribution >= 0.6 is 0 Å². The van der Waals surface area contributed by atoms with Crippen LogP contribution in [-0.2, 0) is 10.0 Å². The normalized spacial score (nSPS) is 15.3. The predicted molar refractivity (Wildman–Crippen MR) is 123 cm³/mol. The van der Waals surface area contributed by atoms with Gasteiger partial charge in [0.1, 0.15) is 0 Å². The summed E-state index contributed by atoms with van der Waals surface area (Å²) in [7, 11) is 0.392. The minimum atomic E-state index is -3.63. The van der Waals surface area contributed by atoms with Crippen molar-refractivity contribution in [1.82, 2.24) is 14.5 Å². The lowest BCUT2D eigenvalue weighted by atomic mass is 9.93. The van der Waals surface area contributed by atoms with Gasteiger partial charge in [0.15, 0.2) is 0 Å². The molecule has 1 aliphatic heterocycles. The standard InChI is InChI=1S/C22H38N4O3S/c1-7-26(8-2)30(28,29)18-11-12-20(25-13-9-10-14-25)19(15-18)21(27)23-16-22(3,4)17-24(5)6/h11-12,15H,7-10,13-14,16-17H2,1-6H3,(H,23,27). The highest BCUT2D eigenvalue weighted by atomic mass is 32.2. The Hall–Kier alpha value is -1.64. The zero-order valence-corrected chi connectivity index (χ0v) is 20.2. The van der Waals surface area contributed by atoms with Gasteiger partial charge in [-0.15, -0.1) is 0 Å². The van der Waals surface area contributed by atoms with Gasteiger partial charge in [0.2, 0.25) is 10.0 Å². The molecule has 0 aromatic heterocycles. The molecule has 1 aromatic carbocycles. The summed E-state index contributed by atoms with van der Waals surface area (Å²) in [6.07, 6.45) is 2.16. The second-order valence-electron chi connectivity index (χ2n) is 9.05. The molecule has 1 amide bonds. The monoisotopic (exact) mass is 438 g/mol. The van der Waals surface area contributed by atoms with Gasteiger partial charge in [0.25, 0.3) is 5.91 Å². The lowest BCUT2D eigenvalue weighted by molar-refractivity contribution is 0.0929. The van der Waals surface area contributed by atoms with Crippen molar-refractivity contribution >= 4 is 21.6 Å². The third-order valence-electron chi connectivity index (χ3n) is 5.47. The number of benzene rings is 1. The minimum absolute atomic E-state index is 0.0993. The van der Waals surface area contributed by atoms with Crippen molar-refractivity contribution in [2.45, 2.75) is 45.4 Å². The second kappa shape index (κ2) is 10.1. The Bertz CT molecular complexity index is 827. The van der Waals surface area contributed by atoms with Crippen molar-refractivity contribution in [1.29, 1.82) is 0 Å². The Morgan fingerprint density at radius 2 is 1.73 bits per heavy atom. The van der Waals surface area contributed by atoms with Gasteiger partial charge >= 0.3 is 0 Å². The molecule has 7 nitrogen and oxygen atoms in total. The molecule has 170 valence electrons. The molecule has 1 saturated heterocycles. The van der Waals surface area contributed by atoms with Crippen LogP contribution in [0.3, 0.4) is 0 Å². The van der Waals surface area contributed by atoms with E-state index < -0.39 is 10.0 Å². The molecule has 0 unspecified atom stereocenters. The number of hydrogen-bond donors (Lipinski definition) is 1. The van der Waals surface area contributed by atoms with Crippen LogP contribution in [0.15, 0.2) is 23.1 Å². The number of nitrogens with zero attached hydrogens (tertiary/aromatic N) is 3. The van der Waals surface area contributed by atoms with Gasteiger partial charge in [-0.05, 0) is 50.6 Å². The van der Waals surface area contributed by atoms with E-state index in [0.717, 1.165) is 38.2 Å². The van der Waals surface area contributed by atoms with Crippen molar-refractivity contribution < 1.29 is 13.2 Å². The Morgan fingerprint density at radius 1 is 1.13 bits per heavy atom. The number of hydrogen-bond acceptors (Lipinski definition) is 5. The van der Waals surface area contributed by atoms with E-state index in [2.05, 4.69) is 29.0 Å². The number of amides is 1. The Balaban J connectivity index is 2.37. The molecule has 0 radical (unpaired) electrons. The van der Waals surface area contributed by atoms with Gasteiger partial charge in [-0.3, -0.25) is 4.79 Å². The van der Waals surface area contributed by atoms with Crippen LogP contribution in [0.5, 0.6) is 0 Å². The largest absolute Gasteiger partial charge is 0.371 e. The smallest absolute Gasteiger partial charge is 0.253 e. The summed E-state index contributed by atoms with van der Waals surface area (Å²) >= 11 is 0. The van der Waals surface area contributed by atoms with Gasteiger partial charge in [-0.2, -0.15) is 4.31 Å². The topological polar surface area (TPSA) is 73.0 Å². The summed E-state index contributed by atoms with van der Waals surface area (Å²) in [5, 5.41) is 3.04. The first kappa shape index (κ1) is 24.6. The molecule has 0 aliphatic carbocycles. The number of carbonyl (C=O) groups is 1. The first-order valence-electron chi connectivity index (χ1n) is 10.8. The summed E-state index contributed by atoms with van der Waals surface area (Å²) in [6, 6.07) is 4.98. The fourth-order valence-corrected chi connectivity index (χ4v) is 5.62. The number of carbonyl (C=O) groups excluding carboxylic acids is 1. The predicted octanol–water partition coefficient (Wildman–Crippen LogP) is 2.63. The molecular formula is C22H38N4O3S. The molecule has 8 heteroatoms. The summed E-state index contributed by atoms with van der Waals surface area (Å²) in [6.45, 7) is 11.8. The fourth-order valence-electron chi connectivity index (χ4n) is 4.13. The lowest BCUT2D eigenvalue weighted by Gasteiger charge is -2.29. The molecule has 1 fully saturated rings. The molecule has 1 aliphatic rings. The van der Waals surface area contributed by atoms with Crippen molar-refractivity contribution in [3.05, 3.63) is 23.8 Å². The first-order valence-corrected chi connectivity index (χ1v) is 12.3. The molecule has 2 rings (SSSR count). The molecule has 1 N–H and O–H groups in total. The Kier molecular flexibility index (Phi) is 8.30. The molecule has 1 heterocycles. The zero-order valence-electron chi connectivity index (χ0n) is 19.4. The van der Waals surface area contributed by atoms with Crippen LogP contribution in [0, 0.1) is 5.41 Å². The van der Waals surface area contributed by atoms with Crippen molar-refractivity contribution in [2.75, 3.05) is 58.3 Å². The summed E-state index contributed by atoms with van der Waals surface area (Å²) < 4.78 is 27.4. The van der Waals surface area contributed by atoms with Crippen molar-refractivity contribution in [3.63, 3.8) is 0 Å². The second-order valence-corrected chi connectivity index (χ2v) is 11.0. The van der Waals surface area contributed by atoms with Crippen LogP contribution in [0.1, 0.15) is 50.9 Å². The van der Waals surface area contributed by atoms with Crippen LogP contribution in [-0.4, -0.2) is 76.9 Å². The van der Waals surface area contributed by atoms with Crippen LogP contribution < -0.4 is 10.2 Å². The summed E-state index contributed by atoms with van der Waals surface area (Å²) in [5.74, 6) is -0.222. The quantitative estimate of drug-likeness (QED) is 0.608. The molecule has 1 aromatic rings. The van der Waals surface area contributed by atoms with E-state index in [-0.39, 0.29) is 16.2 Å². The first-order chi connectivity index (χ1) is 14.0. The summed E-state index contributed by atoms with van der Waals surface area (Å²) in [5.41, 5.74) is 1.15. The maximum Gasteiger partial charge on any atom is 0.253 e. The molecule has 30 heavy (non-hydrogen) atoms. The molecule has 0 atom stereocenters. The van der Waals surface area contributed by atoms with Gasteiger partial charge in [0, 0.05) is 45.0 Å². The highest BCUT2D eigenvalue weighted by molar-refractivity contribution is 7.89. The molecule has 0 bridgehead atoms. The highest BCUT2D eigenvalue weighted by Crippen LogP contribution is 2.29. The van der Waals surface area contributed by atoms with E-state index in [0.29, 0.717) is 25.2 Å². The van der Waals surface area contributed by atoms with E-state index >= 15 is 0 Å². The SMILES string of the molecule is CCN(CC)S(=O)(=O)c1ccc(N2CCCC2)c(C(=O)NCC(C)(C)CN(C)C)c1. The lowest BCUT2D eigenvalue weighted by Crippen LogP contribution is -2.40. The van der Waals surface area contributed by atoms with Gasteiger partial charge in [-0.1, -0.05) is 27.7 Å². The molecular weight excluding hydrogens is 400 g/mol. The number of rotatable bonds is 10. The average Bonchev–Trinajstić information content (AvgIpc) is 3.20. The average molecular weight is 439 g/mol. The van der Waals surface area contributed by atoms with E-state index in [4.69, 9.17) is 0 Å². The number of sulfonamides is 1. The third-order valence-corrected chi connectivity index (χ3v) is 7.52. The minimum Gasteiger partial charge on any atom is -0.371 e. The van der Waals surface area contributed by atoms with E-state index in [9.17, 15) is 13.2 Å². The summed E-state index contributed by atoms with van der Waals surface area (Å²) in [4.78, 5) is 17.6.